The van der Waals surface area contributed by atoms with Crippen LogP contribution in [0, 0.1) is 23.1 Å². The Bertz CT molecular complexity index is 1290. The van der Waals surface area contributed by atoms with Crippen LogP contribution in [0.25, 0.3) is 21.8 Å². The zero-order chi connectivity index (χ0) is 22.9. The molecule has 6 nitrogen and oxygen atoms in total. The monoisotopic (exact) mass is 511 g/mol. The molecule has 0 spiro atoms. The highest BCUT2D eigenvalue weighted by Gasteiger charge is 2.48. The Balaban J connectivity index is 1.54. The van der Waals surface area contributed by atoms with E-state index < -0.39 is 11.7 Å². The minimum absolute atomic E-state index is 0.289. The molecular weight excluding hydrogens is 485 g/mol. The van der Waals surface area contributed by atoms with Gasteiger partial charge in [0.2, 0.25) is 5.88 Å². The second-order valence-electron chi connectivity index (χ2n) is 9.83. The topological polar surface area (TPSA) is 66.1 Å². The predicted octanol–water partition coefficient (Wildman–Crippen LogP) is 4.72. The Morgan fingerprint density at radius 2 is 2.27 bits per heavy atom. The molecule has 8 heteroatoms. The van der Waals surface area contributed by atoms with E-state index >= 15 is 4.39 Å². The van der Waals surface area contributed by atoms with Crippen LogP contribution in [-0.4, -0.2) is 53.3 Å². The van der Waals surface area contributed by atoms with E-state index in [1.165, 1.54) is 12.8 Å². The van der Waals surface area contributed by atoms with E-state index in [0.717, 1.165) is 35.8 Å². The summed E-state index contributed by atoms with van der Waals surface area (Å²) in [5, 5.41) is 14.7. The first-order chi connectivity index (χ1) is 16.0. The van der Waals surface area contributed by atoms with Crippen molar-refractivity contribution in [1.82, 2.24) is 19.8 Å². The van der Waals surface area contributed by atoms with Crippen molar-refractivity contribution in [3.8, 4) is 11.9 Å². The van der Waals surface area contributed by atoms with Crippen LogP contribution >= 0.6 is 15.9 Å². The molecule has 0 radical (unpaired) electrons. The first kappa shape index (κ1) is 21.3. The molecule has 1 saturated carbocycles. The standard InChI is InChI=1S/C25H27BrFN5O/c1-13(10-28)17-9-18-22(21(27)20(17)26)30-25(33-12-15-4-3-6-31(15)2)16-5-7-32(24(16)18)23-14-8-19(23)29-11-14/h5,7,9,13-15,19,23,29H,3-4,6,8,11-12H2,1-2H3/t13?,14?,15-,19?,23?/m0/s1. The maximum atomic E-state index is 15.7. The number of likely N-dealkylation sites (tertiary alicyclic amines) is 1. The molecule has 1 aliphatic carbocycles. The predicted molar refractivity (Wildman–Crippen MR) is 129 cm³/mol. The van der Waals surface area contributed by atoms with E-state index in [0.29, 0.717) is 46.6 Å². The number of halogens is 2. The molecule has 3 aromatic rings. The summed E-state index contributed by atoms with van der Waals surface area (Å²) in [4.78, 5) is 7.00. The number of rotatable bonds is 5. The summed E-state index contributed by atoms with van der Waals surface area (Å²) in [7, 11) is 2.12. The molecule has 7 rings (SSSR count). The van der Waals surface area contributed by atoms with E-state index in [4.69, 9.17) is 4.74 Å². The van der Waals surface area contributed by atoms with Crippen molar-refractivity contribution < 1.29 is 9.13 Å². The van der Waals surface area contributed by atoms with Crippen LogP contribution in [0.1, 0.15) is 43.7 Å². The van der Waals surface area contributed by atoms with E-state index in [1.807, 2.05) is 6.07 Å². The second kappa shape index (κ2) is 7.93. The molecular formula is C25H27BrFN5O. The molecule has 33 heavy (non-hydrogen) atoms. The summed E-state index contributed by atoms with van der Waals surface area (Å²) in [6.07, 6.45) is 5.55. The lowest BCUT2D eigenvalue weighted by Crippen LogP contribution is -2.38. The van der Waals surface area contributed by atoms with E-state index in [-0.39, 0.29) is 5.52 Å². The van der Waals surface area contributed by atoms with Crippen LogP contribution in [0.2, 0.25) is 0 Å². The molecule has 5 heterocycles. The highest BCUT2D eigenvalue weighted by molar-refractivity contribution is 9.10. The molecule has 4 unspecified atom stereocenters. The number of benzene rings is 1. The van der Waals surface area contributed by atoms with Crippen LogP contribution in [0.3, 0.4) is 0 Å². The van der Waals surface area contributed by atoms with Gasteiger partial charge in [0.05, 0.1) is 33.4 Å². The summed E-state index contributed by atoms with van der Waals surface area (Å²) >= 11 is 3.39. The fourth-order valence-corrected chi connectivity index (χ4v) is 6.62. The average Bonchev–Trinajstić information content (AvgIpc) is 3.59. The summed E-state index contributed by atoms with van der Waals surface area (Å²) in [5.41, 5.74) is 1.89. The maximum absolute atomic E-state index is 15.7. The number of hydrogen-bond acceptors (Lipinski definition) is 5. The van der Waals surface area contributed by atoms with Crippen molar-refractivity contribution in [1.29, 1.82) is 5.26 Å². The first-order valence-corrected chi connectivity index (χ1v) is 12.6. The summed E-state index contributed by atoms with van der Waals surface area (Å²) in [5.74, 6) is 0.204. The number of hydrogen-bond donors (Lipinski definition) is 1. The number of aromatic nitrogens is 2. The van der Waals surface area contributed by atoms with Crippen molar-refractivity contribution in [2.75, 3.05) is 26.7 Å². The number of pyridine rings is 1. The van der Waals surface area contributed by atoms with Gasteiger partial charge in [0, 0.05) is 30.2 Å². The number of fused-ring (bicyclic) bond motifs is 4. The van der Waals surface area contributed by atoms with Crippen LogP contribution in [-0.2, 0) is 0 Å². The third-order valence-electron chi connectivity index (χ3n) is 7.98. The molecule has 1 aromatic carbocycles. The normalized spacial score (nSPS) is 27.7. The van der Waals surface area contributed by atoms with E-state index in [9.17, 15) is 5.26 Å². The van der Waals surface area contributed by atoms with Crippen molar-refractivity contribution in [3.05, 3.63) is 34.2 Å². The number of nitriles is 1. The van der Waals surface area contributed by atoms with Gasteiger partial charge in [-0.3, -0.25) is 0 Å². The van der Waals surface area contributed by atoms with Gasteiger partial charge in [0.25, 0.3) is 0 Å². The van der Waals surface area contributed by atoms with Gasteiger partial charge in [-0.2, -0.15) is 5.26 Å². The highest BCUT2D eigenvalue weighted by Crippen LogP contribution is 2.47. The lowest BCUT2D eigenvalue weighted by Gasteiger charge is -2.36. The molecule has 4 aliphatic rings. The van der Waals surface area contributed by atoms with E-state index in [1.54, 1.807) is 6.92 Å². The van der Waals surface area contributed by atoms with Crippen LogP contribution in [0.15, 0.2) is 22.8 Å². The zero-order valence-corrected chi connectivity index (χ0v) is 20.4. The number of likely N-dealkylation sites (N-methyl/N-ethyl adjacent to an activating group) is 1. The summed E-state index contributed by atoms with van der Waals surface area (Å²) in [6.45, 7) is 4.43. The van der Waals surface area contributed by atoms with Gasteiger partial charge >= 0.3 is 0 Å². The van der Waals surface area contributed by atoms with E-state index in [2.05, 4.69) is 61.1 Å². The van der Waals surface area contributed by atoms with Gasteiger partial charge in [-0.15, -0.1) is 0 Å². The van der Waals surface area contributed by atoms with Gasteiger partial charge in [0.1, 0.15) is 12.1 Å². The smallest absolute Gasteiger partial charge is 0.223 e. The molecule has 2 bridgehead atoms. The van der Waals surface area contributed by atoms with Gasteiger partial charge in [-0.05, 0) is 79.3 Å². The van der Waals surface area contributed by atoms with Crippen molar-refractivity contribution in [2.45, 2.75) is 50.2 Å². The highest BCUT2D eigenvalue weighted by atomic mass is 79.9. The molecule has 3 aliphatic heterocycles. The van der Waals surface area contributed by atoms with Gasteiger partial charge < -0.3 is 19.5 Å². The Kier molecular flexibility index (Phi) is 5.13. The lowest BCUT2D eigenvalue weighted by molar-refractivity contribution is 0.195. The Hall–Kier alpha value is -2.21. The number of nitrogens with one attached hydrogen (secondary N) is 1. The minimum Gasteiger partial charge on any atom is -0.476 e. The molecule has 5 atom stereocenters. The Morgan fingerprint density at radius 1 is 1.42 bits per heavy atom. The van der Waals surface area contributed by atoms with Crippen molar-refractivity contribution in [3.63, 3.8) is 0 Å². The second-order valence-corrected chi connectivity index (χ2v) is 10.6. The minimum atomic E-state index is -0.438. The SMILES string of the molecule is CC(C#N)c1cc2c(nc(OC[C@@H]3CCCN3C)c3ccn(C4C5CNC4C5)c32)c(F)c1Br. The summed E-state index contributed by atoms with van der Waals surface area (Å²) in [6, 6.07) is 7.38. The quantitative estimate of drug-likeness (QED) is 0.536. The Morgan fingerprint density at radius 3 is 2.94 bits per heavy atom. The largest absolute Gasteiger partial charge is 0.476 e. The molecule has 172 valence electrons. The number of ether oxygens (including phenoxy) is 1. The molecule has 3 saturated heterocycles. The van der Waals surface area contributed by atoms with Crippen LogP contribution in [0.4, 0.5) is 4.39 Å². The van der Waals surface area contributed by atoms with Crippen LogP contribution in [0.5, 0.6) is 5.88 Å². The maximum Gasteiger partial charge on any atom is 0.223 e. The molecule has 2 aromatic heterocycles. The van der Waals surface area contributed by atoms with Crippen LogP contribution < -0.4 is 10.1 Å². The van der Waals surface area contributed by atoms with Crippen molar-refractivity contribution >= 4 is 37.7 Å². The molecule has 4 fully saturated rings. The third-order valence-corrected chi connectivity index (χ3v) is 8.79. The molecule has 1 N–H and O–H groups in total. The zero-order valence-electron chi connectivity index (χ0n) is 18.8. The summed E-state index contributed by atoms with van der Waals surface area (Å²) < 4.78 is 24.5. The molecule has 0 amide bonds. The average molecular weight is 512 g/mol. The third kappa shape index (κ3) is 3.20. The fraction of sp³-hybridized carbons (Fsp3) is 0.520. The van der Waals surface area contributed by atoms with Gasteiger partial charge in [-0.1, -0.05) is 0 Å². The fourth-order valence-electron chi connectivity index (χ4n) is 5.97. The lowest BCUT2D eigenvalue weighted by atomic mass is 9.80. The van der Waals surface area contributed by atoms with Crippen molar-refractivity contribution in [2.24, 2.45) is 5.92 Å². The van der Waals surface area contributed by atoms with Gasteiger partial charge in [-0.25, -0.2) is 9.37 Å². The number of nitrogens with zero attached hydrogens (tertiary/aromatic N) is 4. The van der Waals surface area contributed by atoms with Gasteiger partial charge in [0.15, 0.2) is 5.82 Å². The Labute approximate surface area is 200 Å². The first-order valence-electron chi connectivity index (χ1n) is 11.8.